The number of piperidine rings is 2. The molecule has 2 aromatic rings. The summed E-state index contributed by atoms with van der Waals surface area (Å²) >= 11 is 0. The molecule has 2 unspecified atom stereocenters. The highest BCUT2D eigenvalue weighted by Crippen LogP contribution is 2.31. The molecular formula is C36H42N4O9. The Morgan fingerprint density at radius 3 is 1.39 bits per heavy atom. The van der Waals surface area contributed by atoms with Crippen molar-refractivity contribution in [1.29, 1.82) is 0 Å². The van der Waals surface area contributed by atoms with Crippen LogP contribution in [0.5, 0.6) is 0 Å². The van der Waals surface area contributed by atoms with E-state index in [2.05, 4.69) is 10.6 Å². The Labute approximate surface area is 284 Å². The lowest BCUT2D eigenvalue weighted by molar-refractivity contribution is -0.138. The molecule has 0 saturated carbocycles. The molecule has 0 spiro atoms. The largest absolute Gasteiger partial charge is 0.379 e. The van der Waals surface area contributed by atoms with Crippen molar-refractivity contribution in [2.45, 2.75) is 76.5 Å². The van der Waals surface area contributed by atoms with Gasteiger partial charge >= 0.3 is 0 Å². The van der Waals surface area contributed by atoms with Gasteiger partial charge in [0.15, 0.2) is 0 Å². The summed E-state index contributed by atoms with van der Waals surface area (Å²) in [7, 11) is 0. The maximum atomic E-state index is 13.0. The average molecular weight is 675 g/mol. The number of benzene rings is 2. The predicted octanol–water partition coefficient (Wildman–Crippen LogP) is 1.82. The third-order valence-corrected chi connectivity index (χ3v) is 9.57. The zero-order valence-corrected chi connectivity index (χ0v) is 27.5. The summed E-state index contributed by atoms with van der Waals surface area (Å²) in [6.45, 7) is 3.66. The molecule has 13 heteroatoms. The molecule has 13 nitrogen and oxygen atoms in total. The van der Waals surface area contributed by atoms with Crippen LogP contribution in [0.4, 0.5) is 0 Å². The van der Waals surface area contributed by atoms with Crippen LogP contribution in [0, 0.1) is 0 Å². The van der Waals surface area contributed by atoms with Crippen LogP contribution in [0.2, 0.25) is 0 Å². The molecule has 2 saturated heterocycles. The van der Waals surface area contributed by atoms with Crippen LogP contribution in [0.25, 0.3) is 0 Å². The average Bonchev–Trinajstić information content (AvgIpc) is 3.60. The number of carbonyl (C=O) groups is 6. The molecule has 4 aliphatic heterocycles. The normalized spacial score (nSPS) is 20.5. The highest BCUT2D eigenvalue weighted by atomic mass is 16.5. The van der Waals surface area contributed by atoms with Gasteiger partial charge in [0.05, 0.1) is 26.4 Å². The van der Waals surface area contributed by atoms with Crippen LogP contribution in [0.1, 0.15) is 81.5 Å². The van der Waals surface area contributed by atoms with Gasteiger partial charge in [-0.15, -0.1) is 0 Å². The smallest absolute Gasteiger partial charge is 0.255 e. The molecule has 2 fully saturated rings. The van der Waals surface area contributed by atoms with E-state index in [0.29, 0.717) is 76.7 Å². The minimum atomic E-state index is -0.621. The van der Waals surface area contributed by atoms with Gasteiger partial charge in [-0.1, -0.05) is 24.3 Å². The van der Waals surface area contributed by atoms with Gasteiger partial charge in [0.2, 0.25) is 23.6 Å². The number of imide groups is 2. The Hall–Kier alpha value is -4.46. The van der Waals surface area contributed by atoms with Crippen molar-refractivity contribution in [3.05, 3.63) is 69.8 Å². The first-order valence-electron chi connectivity index (χ1n) is 17.1. The molecule has 49 heavy (non-hydrogen) atoms. The van der Waals surface area contributed by atoms with Gasteiger partial charge in [-0.2, -0.15) is 0 Å². The van der Waals surface area contributed by atoms with E-state index >= 15 is 0 Å². The number of amides is 6. The Kier molecular flexibility index (Phi) is 11.1. The standard InChI is InChI=1S/C36H42N4O9/c41-31-13-11-29(33(43)37-31)39-21-27-23(5-1-9-25(27)35(39)45)7-3-15-47-17-19-49-20-18-48-16-4-8-24-6-2-10-26-28(24)22-40(36(26)46)30-12-14-32(42)38-34(30)44/h1-2,5-6,9-10,29-30H,3-4,7-8,11-22H2,(H,37,41,43)(H,38,42,44). The molecule has 0 radical (unpaired) electrons. The van der Waals surface area contributed by atoms with Crippen molar-refractivity contribution in [1.82, 2.24) is 20.4 Å². The molecular weight excluding hydrogens is 632 g/mol. The number of fused-ring (bicyclic) bond motifs is 2. The SMILES string of the molecule is O=C1CCC(N2Cc3c(CCCOCCOCCOCCCc4cccc5c4CN(C4CCC(=O)NC4=O)C5=O)cccc3C2=O)C(=O)N1. The molecule has 4 aliphatic rings. The van der Waals surface area contributed by atoms with E-state index in [4.69, 9.17) is 14.2 Å². The second-order valence-corrected chi connectivity index (χ2v) is 12.7. The molecule has 6 rings (SSSR count). The van der Waals surface area contributed by atoms with Crippen molar-refractivity contribution in [2.24, 2.45) is 0 Å². The highest BCUT2D eigenvalue weighted by Gasteiger charge is 2.41. The zero-order valence-electron chi connectivity index (χ0n) is 27.5. The molecule has 2 aromatic carbocycles. The van der Waals surface area contributed by atoms with Crippen LogP contribution in [0.3, 0.4) is 0 Å². The van der Waals surface area contributed by atoms with E-state index in [1.807, 2.05) is 24.3 Å². The van der Waals surface area contributed by atoms with Gasteiger partial charge in [-0.05, 0) is 72.9 Å². The predicted molar refractivity (Wildman–Crippen MR) is 174 cm³/mol. The van der Waals surface area contributed by atoms with Crippen molar-refractivity contribution < 1.29 is 43.0 Å². The van der Waals surface area contributed by atoms with Gasteiger partial charge in [0.1, 0.15) is 12.1 Å². The minimum Gasteiger partial charge on any atom is -0.379 e. The fourth-order valence-corrected chi connectivity index (χ4v) is 7.04. The van der Waals surface area contributed by atoms with Crippen molar-refractivity contribution in [2.75, 3.05) is 39.6 Å². The third-order valence-electron chi connectivity index (χ3n) is 9.57. The summed E-state index contributed by atoms with van der Waals surface area (Å²) in [5.74, 6) is -1.74. The summed E-state index contributed by atoms with van der Waals surface area (Å²) in [5.41, 5.74) is 5.27. The number of carbonyl (C=O) groups excluding carboxylic acids is 6. The number of nitrogens with zero attached hydrogens (tertiary/aromatic N) is 2. The van der Waals surface area contributed by atoms with Crippen molar-refractivity contribution in [3.8, 4) is 0 Å². The van der Waals surface area contributed by atoms with E-state index in [1.54, 1.807) is 21.9 Å². The van der Waals surface area contributed by atoms with Gasteiger partial charge in [-0.3, -0.25) is 39.4 Å². The van der Waals surface area contributed by atoms with Crippen LogP contribution >= 0.6 is 0 Å². The first-order valence-corrected chi connectivity index (χ1v) is 17.1. The van der Waals surface area contributed by atoms with Crippen molar-refractivity contribution >= 4 is 35.4 Å². The van der Waals surface area contributed by atoms with Crippen LogP contribution in [-0.2, 0) is 59.3 Å². The summed E-state index contributed by atoms with van der Waals surface area (Å²) in [4.78, 5) is 76.9. The lowest BCUT2D eigenvalue weighted by atomic mass is 10.00. The lowest BCUT2D eigenvalue weighted by Crippen LogP contribution is -2.52. The maximum Gasteiger partial charge on any atom is 0.255 e. The second-order valence-electron chi connectivity index (χ2n) is 12.7. The number of rotatable bonds is 16. The third kappa shape index (κ3) is 7.90. The monoisotopic (exact) mass is 674 g/mol. The van der Waals surface area contributed by atoms with E-state index in [0.717, 1.165) is 47.9 Å². The van der Waals surface area contributed by atoms with Crippen LogP contribution < -0.4 is 10.6 Å². The van der Waals surface area contributed by atoms with Crippen molar-refractivity contribution in [3.63, 3.8) is 0 Å². The molecule has 0 aromatic heterocycles. The molecule has 0 bridgehead atoms. The summed E-state index contributed by atoms with van der Waals surface area (Å²) < 4.78 is 17.1. The Morgan fingerprint density at radius 1 is 0.571 bits per heavy atom. The number of hydrogen-bond donors (Lipinski definition) is 2. The van der Waals surface area contributed by atoms with E-state index < -0.39 is 23.9 Å². The van der Waals surface area contributed by atoms with Gasteiger partial charge in [-0.25, -0.2) is 0 Å². The van der Waals surface area contributed by atoms with Gasteiger partial charge in [0, 0.05) is 50.3 Å². The zero-order chi connectivity index (χ0) is 34.3. The maximum absolute atomic E-state index is 13.0. The number of hydrogen-bond acceptors (Lipinski definition) is 9. The fraction of sp³-hybridized carbons (Fsp3) is 0.500. The molecule has 4 heterocycles. The van der Waals surface area contributed by atoms with E-state index in [-0.39, 0.29) is 36.5 Å². The quantitative estimate of drug-likeness (QED) is 0.200. The topological polar surface area (TPSA) is 161 Å². The molecule has 2 atom stereocenters. The Bertz CT molecular complexity index is 1510. The summed E-state index contributed by atoms with van der Waals surface area (Å²) in [5, 5.41) is 4.68. The minimum absolute atomic E-state index is 0.166. The molecule has 260 valence electrons. The lowest BCUT2D eigenvalue weighted by Gasteiger charge is -2.29. The van der Waals surface area contributed by atoms with Gasteiger partial charge < -0.3 is 24.0 Å². The Morgan fingerprint density at radius 2 is 0.980 bits per heavy atom. The number of ether oxygens (including phenoxy) is 3. The fourth-order valence-electron chi connectivity index (χ4n) is 7.04. The molecule has 6 amide bonds. The molecule has 0 aliphatic carbocycles. The summed E-state index contributed by atoms with van der Waals surface area (Å²) in [6.07, 6.45) is 4.20. The number of nitrogens with one attached hydrogen (secondary N) is 2. The first kappa shape index (κ1) is 34.4. The number of aryl methyl sites for hydroxylation is 2. The van der Waals surface area contributed by atoms with Crippen LogP contribution in [-0.4, -0.2) is 97.0 Å². The highest BCUT2D eigenvalue weighted by molar-refractivity contribution is 6.06. The van der Waals surface area contributed by atoms with Crippen LogP contribution in [0.15, 0.2) is 36.4 Å². The van der Waals surface area contributed by atoms with Gasteiger partial charge in [0.25, 0.3) is 11.8 Å². The summed E-state index contributed by atoms with van der Waals surface area (Å²) in [6, 6.07) is 10.1. The van der Waals surface area contributed by atoms with E-state index in [9.17, 15) is 28.8 Å². The molecule has 2 N–H and O–H groups in total. The first-order chi connectivity index (χ1) is 23.8. The van der Waals surface area contributed by atoms with E-state index in [1.165, 1.54) is 0 Å². The second kappa shape index (κ2) is 15.8. The Balaban J connectivity index is 0.818.